The van der Waals surface area contributed by atoms with Gasteiger partial charge in [-0.2, -0.15) is 0 Å². The number of amides is 1. The molecule has 0 bridgehead atoms. The third-order valence-corrected chi connectivity index (χ3v) is 2.98. The fourth-order valence-electron chi connectivity index (χ4n) is 1.79. The normalized spacial score (nSPS) is 10.1. The van der Waals surface area contributed by atoms with Crippen molar-refractivity contribution in [3.8, 4) is 5.75 Å². The molecule has 0 fully saturated rings. The molecular weight excluding hydrogens is 256 g/mol. The first-order valence-corrected chi connectivity index (χ1v) is 6.18. The maximum Gasteiger partial charge on any atom is 0.263 e. The Morgan fingerprint density at radius 3 is 2.60 bits per heavy atom. The van der Waals surface area contributed by atoms with E-state index in [0.717, 1.165) is 11.3 Å². The largest absolute Gasteiger partial charge is 0.497 e. The summed E-state index contributed by atoms with van der Waals surface area (Å²) in [5.74, 6) is 0.388. The summed E-state index contributed by atoms with van der Waals surface area (Å²) in [6.45, 7) is 0.362. The molecule has 0 saturated heterocycles. The molecule has 5 heteroatoms. The molecule has 1 heterocycles. The Morgan fingerprint density at radius 2 is 1.95 bits per heavy atom. The standard InChI is InChI=1S/C15H16N2O3/c1-17-9-3-4-13(15(17)19)14(18)16-10-11-5-7-12(20-2)8-6-11/h3-9H,10H2,1-2H3,(H,16,18). The third kappa shape index (κ3) is 3.06. The number of hydrogen-bond donors (Lipinski definition) is 1. The number of methoxy groups -OCH3 is 1. The van der Waals surface area contributed by atoms with Crippen LogP contribution in [0.3, 0.4) is 0 Å². The van der Waals surface area contributed by atoms with E-state index in [1.54, 1.807) is 26.4 Å². The van der Waals surface area contributed by atoms with E-state index in [0.29, 0.717) is 6.54 Å². The molecule has 1 aromatic heterocycles. The average Bonchev–Trinajstić information content (AvgIpc) is 2.48. The molecule has 0 spiro atoms. The van der Waals surface area contributed by atoms with Crippen LogP contribution in [0.25, 0.3) is 0 Å². The maximum atomic E-state index is 12.0. The van der Waals surface area contributed by atoms with E-state index >= 15 is 0 Å². The van der Waals surface area contributed by atoms with Gasteiger partial charge in [-0.15, -0.1) is 0 Å². The van der Waals surface area contributed by atoms with Crippen LogP contribution in [0.15, 0.2) is 47.4 Å². The summed E-state index contributed by atoms with van der Waals surface area (Å²) in [4.78, 5) is 23.8. The lowest BCUT2D eigenvalue weighted by atomic mass is 10.2. The van der Waals surface area contributed by atoms with Crippen molar-refractivity contribution >= 4 is 5.91 Å². The number of nitrogens with one attached hydrogen (secondary N) is 1. The van der Waals surface area contributed by atoms with E-state index < -0.39 is 0 Å². The molecule has 0 aliphatic rings. The van der Waals surface area contributed by atoms with Gasteiger partial charge in [-0.05, 0) is 29.8 Å². The predicted molar refractivity (Wildman–Crippen MR) is 75.8 cm³/mol. The average molecular weight is 272 g/mol. The van der Waals surface area contributed by atoms with Gasteiger partial charge in [0.1, 0.15) is 11.3 Å². The number of aromatic nitrogens is 1. The van der Waals surface area contributed by atoms with Crippen molar-refractivity contribution in [3.63, 3.8) is 0 Å². The van der Waals surface area contributed by atoms with E-state index in [1.165, 1.54) is 10.6 Å². The lowest BCUT2D eigenvalue weighted by Gasteiger charge is -2.07. The Bertz CT molecular complexity index is 660. The molecule has 2 aromatic rings. The van der Waals surface area contributed by atoms with Crippen molar-refractivity contribution in [2.75, 3.05) is 7.11 Å². The highest BCUT2D eigenvalue weighted by atomic mass is 16.5. The highest BCUT2D eigenvalue weighted by Crippen LogP contribution is 2.10. The van der Waals surface area contributed by atoms with Crippen LogP contribution < -0.4 is 15.6 Å². The zero-order valence-corrected chi connectivity index (χ0v) is 11.4. The molecule has 1 amide bonds. The van der Waals surface area contributed by atoms with Gasteiger partial charge in [0.05, 0.1) is 7.11 Å². The summed E-state index contributed by atoms with van der Waals surface area (Å²) in [7, 11) is 3.21. The predicted octanol–water partition coefficient (Wildman–Crippen LogP) is 1.32. The van der Waals surface area contributed by atoms with E-state index in [4.69, 9.17) is 4.74 Å². The second-order valence-electron chi connectivity index (χ2n) is 4.37. The van der Waals surface area contributed by atoms with E-state index in [1.807, 2.05) is 24.3 Å². The SMILES string of the molecule is COc1ccc(CNC(=O)c2cccn(C)c2=O)cc1. The molecular formula is C15H16N2O3. The molecule has 2 rings (SSSR count). The smallest absolute Gasteiger partial charge is 0.263 e. The Labute approximate surface area is 116 Å². The number of aryl methyl sites for hydroxylation is 1. The number of rotatable bonds is 4. The number of carbonyl (C=O) groups excluding carboxylic acids is 1. The molecule has 0 radical (unpaired) electrons. The summed E-state index contributed by atoms with van der Waals surface area (Å²) in [6, 6.07) is 10.6. The molecule has 20 heavy (non-hydrogen) atoms. The molecule has 0 aliphatic carbocycles. The second kappa shape index (κ2) is 6.06. The second-order valence-corrected chi connectivity index (χ2v) is 4.37. The van der Waals surface area contributed by atoms with E-state index in [-0.39, 0.29) is 17.0 Å². The van der Waals surface area contributed by atoms with Crippen LogP contribution in [0.1, 0.15) is 15.9 Å². The number of hydrogen-bond acceptors (Lipinski definition) is 3. The number of ether oxygens (including phenoxy) is 1. The zero-order chi connectivity index (χ0) is 14.5. The van der Waals surface area contributed by atoms with Crippen LogP contribution in [0.4, 0.5) is 0 Å². The van der Waals surface area contributed by atoms with Gasteiger partial charge in [-0.3, -0.25) is 9.59 Å². The summed E-state index contributed by atoms with van der Waals surface area (Å²) < 4.78 is 6.44. The summed E-state index contributed by atoms with van der Waals surface area (Å²) in [5.41, 5.74) is 0.773. The van der Waals surface area contributed by atoms with Crippen LogP contribution in [-0.4, -0.2) is 17.6 Å². The van der Waals surface area contributed by atoms with Crippen molar-refractivity contribution in [3.05, 3.63) is 64.1 Å². The van der Waals surface area contributed by atoms with Crippen LogP contribution in [-0.2, 0) is 13.6 Å². The van der Waals surface area contributed by atoms with Crippen molar-refractivity contribution in [1.29, 1.82) is 0 Å². The molecule has 104 valence electrons. The van der Waals surface area contributed by atoms with Crippen molar-refractivity contribution < 1.29 is 9.53 Å². The Morgan fingerprint density at radius 1 is 1.25 bits per heavy atom. The molecule has 0 aliphatic heterocycles. The minimum Gasteiger partial charge on any atom is -0.497 e. The molecule has 0 unspecified atom stereocenters. The van der Waals surface area contributed by atoms with E-state index in [2.05, 4.69) is 5.32 Å². The first kappa shape index (κ1) is 13.9. The number of pyridine rings is 1. The van der Waals surface area contributed by atoms with Crippen molar-refractivity contribution in [1.82, 2.24) is 9.88 Å². The zero-order valence-electron chi connectivity index (χ0n) is 11.4. The highest BCUT2D eigenvalue weighted by Gasteiger charge is 2.10. The van der Waals surface area contributed by atoms with Gasteiger partial charge in [0.2, 0.25) is 0 Å². The maximum absolute atomic E-state index is 12.0. The van der Waals surface area contributed by atoms with Gasteiger partial charge in [-0.1, -0.05) is 12.1 Å². The molecule has 1 aromatic carbocycles. The van der Waals surface area contributed by atoms with Gasteiger partial charge >= 0.3 is 0 Å². The summed E-state index contributed by atoms with van der Waals surface area (Å²) in [6.07, 6.45) is 1.61. The fourth-order valence-corrected chi connectivity index (χ4v) is 1.79. The minimum atomic E-state index is -0.373. The topological polar surface area (TPSA) is 60.3 Å². The van der Waals surface area contributed by atoms with Gasteiger partial charge in [0.25, 0.3) is 11.5 Å². The first-order valence-electron chi connectivity index (χ1n) is 6.18. The van der Waals surface area contributed by atoms with Gasteiger partial charge in [0.15, 0.2) is 0 Å². The summed E-state index contributed by atoms with van der Waals surface area (Å²) >= 11 is 0. The summed E-state index contributed by atoms with van der Waals surface area (Å²) in [5, 5.41) is 2.73. The van der Waals surface area contributed by atoms with E-state index in [9.17, 15) is 9.59 Å². The van der Waals surface area contributed by atoms with Gasteiger partial charge in [0, 0.05) is 19.8 Å². The highest BCUT2D eigenvalue weighted by molar-refractivity contribution is 5.93. The van der Waals surface area contributed by atoms with Gasteiger partial charge in [-0.25, -0.2) is 0 Å². The van der Waals surface area contributed by atoms with Crippen LogP contribution >= 0.6 is 0 Å². The molecule has 5 nitrogen and oxygen atoms in total. The Hall–Kier alpha value is -2.56. The minimum absolute atomic E-state index is 0.142. The monoisotopic (exact) mass is 272 g/mol. The van der Waals surface area contributed by atoms with Gasteiger partial charge < -0.3 is 14.6 Å². The lowest BCUT2D eigenvalue weighted by molar-refractivity contribution is 0.0949. The Balaban J connectivity index is 2.04. The van der Waals surface area contributed by atoms with Crippen LogP contribution in [0.5, 0.6) is 5.75 Å². The number of nitrogens with zero attached hydrogens (tertiary/aromatic N) is 1. The number of benzene rings is 1. The molecule has 1 N–H and O–H groups in total. The van der Waals surface area contributed by atoms with Crippen LogP contribution in [0.2, 0.25) is 0 Å². The molecule has 0 saturated carbocycles. The quantitative estimate of drug-likeness (QED) is 0.913. The van der Waals surface area contributed by atoms with Crippen LogP contribution in [0, 0.1) is 0 Å². The van der Waals surface area contributed by atoms with Crippen molar-refractivity contribution in [2.45, 2.75) is 6.54 Å². The van der Waals surface area contributed by atoms with Crippen molar-refractivity contribution in [2.24, 2.45) is 7.05 Å². The Kier molecular flexibility index (Phi) is 4.20. The lowest BCUT2D eigenvalue weighted by Crippen LogP contribution is -2.31. The third-order valence-electron chi connectivity index (χ3n) is 2.98. The first-order chi connectivity index (χ1) is 9.61. The molecule has 0 atom stereocenters. The fraction of sp³-hybridized carbons (Fsp3) is 0.200. The number of carbonyl (C=O) groups is 1.